The van der Waals surface area contributed by atoms with E-state index in [-0.39, 0.29) is 0 Å². The van der Waals surface area contributed by atoms with Crippen LogP contribution in [-0.2, 0) is 13.1 Å². The van der Waals surface area contributed by atoms with Crippen LogP contribution in [0.2, 0.25) is 0 Å². The van der Waals surface area contributed by atoms with Gasteiger partial charge in [0, 0.05) is 25.0 Å². The van der Waals surface area contributed by atoms with E-state index in [9.17, 15) is 0 Å². The molecule has 90 valence electrons. The Balaban J connectivity index is 1.73. The fourth-order valence-corrected chi connectivity index (χ4v) is 2.69. The summed E-state index contributed by atoms with van der Waals surface area (Å²) in [5.41, 5.74) is 1.43. The minimum absolute atomic E-state index is 0.939. The van der Waals surface area contributed by atoms with Crippen LogP contribution in [0.25, 0.3) is 0 Å². The molecule has 1 N–H and O–H groups in total. The van der Waals surface area contributed by atoms with Gasteiger partial charge in [0.15, 0.2) is 0 Å². The van der Waals surface area contributed by atoms with E-state index in [4.69, 9.17) is 0 Å². The van der Waals surface area contributed by atoms with Gasteiger partial charge in [-0.1, -0.05) is 19.8 Å². The number of aromatic nitrogens is 1. The SMILES string of the molecule is CCCn1cccc1CNCC1CCCC1. The topological polar surface area (TPSA) is 17.0 Å². The molecule has 1 aliphatic carbocycles. The van der Waals surface area contributed by atoms with Gasteiger partial charge in [0.05, 0.1) is 0 Å². The van der Waals surface area contributed by atoms with E-state index in [1.165, 1.54) is 44.3 Å². The lowest BCUT2D eigenvalue weighted by atomic mass is 10.1. The normalized spacial score (nSPS) is 17.1. The van der Waals surface area contributed by atoms with Crippen molar-refractivity contribution < 1.29 is 0 Å². The van der Waals surface area contributed by atoms with Crippen molar-refractivity contribution in [2.24, 2.45) is 5.92 Å². The molecule has 2 rings (SSSR count). The summed E-state index contributed by atoms with van der Waals surface area (Å²) in [5.74, 6) is 0.939. The molecule has 0 atom stereocenters. The van der Waals surface area contributed by atoms with Crippen LogP contribution in [0.1, 0.15) is 44.7 Å². The van der Waals surface area contributed by atoms with Gasteiger partial charge in [-0.25, -0.2) is 0 Å². The lowest BCUT2D eigenvalue weighted by Crippen LogP contribution is -2.22. The molecule has 0 radical (unpaired) electrons. The molecule has 0 bridgehead atoms. The Morgan fingerprint density at radius 3 is 2.94 bits per heavy atom. The number of aryl methyl sites for hydroxylation is 1. The van der Waals surface area contributed by atoms with Gasteiger partial charge in [0.1, 0.15) is 0 Å². The maximum atomic E-state index is 3.61. The van der Waals surface area contributed by atoms with Gasteiger partial charge < -0.3 is 9.88 Å². The first-order chi connectivity index (χ1) is 7.90. The van der Waals surface area contributed by atoms with Gasteiger partial charge in [0.2, 0.25) is 0 Å². The molecule has 0 spiro atoms. The third-order valence-corrected chi connectivity index (χ3v) is 3.60. The quantitative estimate of drug-likeness (QED) is 0.779. The molecular formula is C14H24N2. The monoisotopic (exact) mass is 220 g/mol. The minimum atomic E-state index is 0.939. The van der Waals surface area contributed by atoms with Gasteiger partial charge in [-0.3, -0.25) is 0 Å². The van der Waals surface area contributed by atoms with Crippen molar-refractivity contribution in [1.82, 2.24) is 9.88 Å². The Morgan fingerprint density at radius 1 is 1.38 bits per heavy atom. The molecule has 0 unspecified atom stereocenters. The Labute approximate surface area is 99.0 Å². The second kappa shape index (κ2) is 6.09. The van der Waals surface area contributed by atoms with E-state index in [0.29, 0.717) is 0 Å². The lowest BCUT2D eigenvalue weighted by Gasteiger charge is -2.12. The van der Waals surface area contributed by atoms with Crippen LogP contribution in [0.3, 0.4) is 0 Å². The number of nitrogens with zero attached hydrogens (tertiary/aromatic N) is 1. The highest BCUT2D eigenvalue weighted by molar-refractivity contribution is 5.06. The molecule has 1 aliphatic rings. The van der Waals surface area contributed by atoms with Crippen molar-refractivity contribution in [2.75, 3.05) is 6.54 Å². The predicted molar refractivity (Wildman–Crippen MR) is 68.4 cm³/mol. The van der Waals surface area contributed by atoms with Crippen LogP contribution in [0.4, 0.5) is 0 Å². The van der Waals surface area contributed by atoms with Crippen LogP contribution < -0.4 is 5.32 Å². The van der Waals surface area contributed by atoms with Gasteiger partial charge in [-0.15, -0.1) is 0 Å². The van der Waals surface area contributed by atoms with Crippen LogP contribution in [0.5, 0.6) is 0 Å². The number of hydrogen-bond acceptors (Lipinski definition) is 1. The first-order valence-corrected chi connectivity index (χ1v) is 6.75. The number of rotatable bonds is 6. The van der Waals surface area contributed by atoms with Gasteiger partial charge in [-0.2, -0.15) is 0 Å². The highest BCUT2D eigenvalue weighted by Crippen LogP contribution is 2.23. The molecule has 2 nitrogen and oxygen atoms in total. The summed E-state index contributed by atoms with van der Waals surface area (Å²) in [4.78, 5) is 0. The molecule has 0 amide bonds. The summed E-state index contributed by atoms with van der Waals surface area (Å²) < 4.78 is 2.36. The second-order valence-electron chi connectivity index (χ2n) is 4.97. The van der Waals surface area contributed by atoms with E-state index in [0.717, 1.165) is 19.0 Å². The summed E-state index contributed by atoms with van der Waals surface area (Å²) in [7, 11) is 0. The summed E-state index contributed by atoms with van der Waals surface area (Å²) >= 11 is 0. The van der Waals surface area contributed by atoms with E-state index < -0.39 is 0 Å². The van der Waals surface area contributed by atoms with Gasteiger partial charge in [-0.05, 0) is 43.9 Å². The summed E-state index contributed by atoms with van der Waals surface area (Å²) in [6, 6.07) is 4.39. The largest absolute Gasteiger partial charge is 0.350 e. The van der Waals surface area contributed by atoms with Crippen molar-refractivity contribution in [3.63, 3.8) is 0 Å². The van der Waals surface area contributed by atoms with Crippen LogP contribution >= 0.6 is 0 Å². The van der Waals surface area contributed by atoms with Crippen LogP contribution in [0.15, 0.2) is 18.3 Å². The second-order valence-corrected chi connectivity index (χ2v) is 4.97. The van der Waals surface area contributed by atoms with Crippen molar-refractivity contribution >= 4 is 0 Å². The zero-order valence-corrected chi connectivity index (χ0v) is 10.4. The number of hydrogen-bond donors (Lipinski definition) is 1. The third kappa shape index (κ3) is 3.11. The first-order valence-electron chi connectivity index (χ1n) is 6.75. The molecule has 0 saturated heterocycles. The zero-order chi connectivity index (χ0) is 11.2. The van der Waals surface area contributed by atoms with Crippen LogP contribution in [-0.4, -0.2) is 11.1 Å². The Morgan fingerprint density at radius 2 is 2.19 bits per heavy atom. The first kappa shape index (κ1) is 11.7. The van der Waals surface area contributed by atoms with Crippen molar-refractivity contribution in [1.29, 1.82) is 0 Å². The third-order valence-electron chi connectivity index (χ3n) is 3.60. The molecule has 1 heterocycles. The molecule has 16 heavy (non-hydrogen) atoms. The highest BCUT2D eigenvalue weighted by atomic mass is 15.0. The highest BCUT2D eigenvalue weighted by Gasteiger charge is 2.14. The van der Waals surface area contributed by atoms with E-state index in [1.54, 1.807) is 0 Å². The summed E-state index contributed by atoms with van der Waals surface area (Å²) in [5, 5.41) is 3.61. The van der Waals surface area contributed by atoms with E-state index >= 15 is 0 Å². The molecule has 1 fully saturated rings. The summed E-state index contributed by atoms with van der Waals surface area (Å²) in [6.45, 7) is 5.62. The standard InChI is InChI=1S/C14H24N2/c1-2-9-16-10-5-8-14(16)12-15-11-13-6-3-4-7-13/h5,8,10,13,15H,2-4,6-7,9,11-12H2,1H3. The molecular weight excluding hydrogens is 196 g/mol. The molecule has 1 aromatic heterocycles. The number of nitrogens with one attached hydrogen (secondary N) is 1. The fourth-order valence-electron chi connectivity index (χ4n) is 2.69. The van der Waals surface area contributed by atoms with E-state index in [1.807, 2.05) is 0 Å². The molecule has 0 aliphatic heterocycles. The van der Waals surface area contributed by atoms with Crippen molar-refractivity contribution in [2.45, 2.75) is 52.1 Å². The molecule has 1 aromatic rings. The van der Waals surface area contributed by atoms with Crippen molar-refractivity contribution in [3.8, 4) is 0 Å². The fraction of sp³-hybridized carbons (Fsp3) is 0.714. The smallest absolute Gasteiger partial charge is 0.0359 e. The van der Waals surface area contributed by atoms with Crippen molar-refractivity contribution in [3.05, 3.63) is 24.0 Å². The summed E-state index contributed by atoms with van der Waals surface area (Å²) in [6.07, 6.45) is 9.16. The van der Waals surface area contributed by atoms with Gasteiger partial charge >= 0.3 is 0 Å². The predicted octanol–water partition coefficient (Wildman–Crippen LogP) is 3.18. The maximum absolute atomic E-state index is 3.61. The lowest BCUT2D eigenvalue weighted by molar-refractivity contribution is 0.480. The molecule has 2 heteroatoms. The molecule has 0 aromatic carbocycles. The van der Waals surface area contributed by atoms with Gasteiger partial charge in [0.25, 0.3) is 0 Å². The Bertz CT molecular complexity index is 297. The zero-order valence-electron chi connectivity index (χ0n) is 10.4. The molecule has 1 saturated carbocycles. The average molecular weight is 220 g/mol. The van der Waals surface area contributed by atoms with E-state index in [2.05, 4.69) is 35.1 Å². The minimum Gasteiger partial charge on any atom is -0.350 e. The maximum Gasteiger partial charge on any atom is 0.0359 e. The van der Waals surface area contributed by atoms with Crippen LogP contribution in [0, 0.1) is 5.92 Å². The Kier molecular flexibility index (Phi) is 4.46. The Hall–Kier alpha value is -0.760. The average Bonchev–Trinajstić information content (AvgIpc) is 2.91.